The Morgan fingerprint density at radius 1 is 1.22 bits per heavy atom. The van der Waals surface area contributed by atoms with E-state index in [9.17, 15) is 19.5 Å². The van der Waals surface area contributed by atoms with Crippen molar-refractivity contribution in [2.24, 2.45) is 4.99 Å². The lowest BCUT2D eigenvalue weighted by Gasteiger charge is -2.30. The first kappa shape index (κ1) is 29.6. The molecular weight excluding hydrogens is 571 g/mol. The zero-order valence-electron chi connectivity index (χ0n) is 21.9. The van der Waals surface area contributed by atoms with Crippen LogP contribution in [0.3, 0.4) is 0 Å². The van der Waals surface area contributed by atoms with Gasteiger partial charge in [0.25, 0.3) is 11.8 Å². The third kappa shape index (κ3) is 7.06. The highest BCUT2D eigenvalue weighted by atomic mass is 35.5. The number of aliphatic carboxylic acids is 1. The highest BCUT2D eigenvalue weighted by Gasteiger charge is 2.30. The van der Waals surface area contributed by atoms with Crippen LogP contribution in [0.2, 0.25) is 10.0 Å². The standard InChI is InChI=1S/C27H28Cl2N8O4/c28-19-11-16-14-37(25(39)20(31)12-17-5-1-2-7-32-17)10-6-18(16)23(29)22(19)24(38)35-21(26(40)41)13-33-27(34-15-30)36-8-3-4-9-36/h1-2,5,7,11-12,21,31-32H,3-4,6,8-10,13-14H2,(H,33,34)(H,35,38)(H,40,41)/b17-12-,31-20?/t21-/m0/s1. The number of likely N-dealkylation sites (tertiary alicyclic amines) is 1. The van der Waals surface area contributed by atoms with Gasteiger partial charge in [-0.1, -0.05) is 29.3 Å². The number of carbonyl (C=O) groups excluding carboxylic acids is 2. The third-order valence-corrected chi connectivity index (χ3v) is 7.53. The molecule has 14 heteroatoms. The molecule has 1 fully saturated rings. The van der Waals surface area contributed by atoms with E-state index in [-0.39, 0.29) is 46.9 Å². The summed E-state index contributed by atoms with van der Waals surface area (Å²) in [6, 6.07) is 0.170. The maximum absolute atomic E-state index is 13.2. The molecule has 2 amide bonds. The quantitative estimate of drug-likeness (QED) is 0.180. The van der Waals surface area contributed by atoms with Gasteiger partial charge in [0.1, 0.15) is 11.8 Å². The van der Waals surface area contributed by atoms with E-state index in [0.717, 1.165) is 12.8 Å². The molecule has 3 aliphatic rings. The molecule has 0 aliphatic carbocycles. The number of carboxylic acid groups (broad SMARTS) is 1. The van der Waals surface area contributed by atoms with E-state index >= 15 is 0 Å². The van der Waals surface area contributed by atoms with Crippen LogP contribution in [-0.2, 0) is 22.6 Å². The van der Waals surface area contributed by atoms with E-state index < -0.39 is 23.8 Å². The summed E-state index contributed by atoms with van der Waals surface area (Å²) in [6.45, 7) is 1.56. The maximum atomic E-state index is 13.2. The van der Waals surface area contributed by atoms with Crippen molar-refractivity contribution >= 4 is 52.7 Å². The lowest BCUT2D eigenvalue weighted by atomic mass is 9.96. The molecule has 41 heavy (non-hydrogen) atoms. The van der Waals surface area contributed by atoms with Crippen LogP contribution in [0, 0.1) is 16.9 Å². The molecule has 0 saturated carbocycles. The number of carbonyl (C=O) groups is 3. The van der Waals surface area contributed by atoms with Crippen LogP contribution in [-0.4, -0.2) is 76.6 Å². The van der Waals surface area contributed by atoms with Crippen molar-refractivity contribution in [3.05, 3.63) is 69.0 Å². The Kier molecular flexibility index (Phi) is 9.65. The Morgan fingerprint density at radius 2 is 1.98 bits per heavy atom. The molecule has 3 heterocycles. The molecule has 0 spiro atoms. The number of hydrogen-bond acceptors (Lipinski definition) is 7. The van der Waals surface area contributed by atoms with Gasteiger partial charge in [0.05, 0.1) is 15.6 Å². The molecule has 0 bridgehead atoms. The number of nitriles is 1. The monoisotopic (exact) mass is 598 g/mol. The van der Waals surface area contributed by atoms with Crippen LogP contribution in [0.1, 0.15) is 34.3 Å². The molecule has 12 nitrogen and oxygen atoms in total. The van der Waals surface area contributed by atoms with E-state index in [1.165, 1.54) is 17.0 Å². The largest absolute Gasteiger partial charge is 0.480 e. The minimum absolute atomic E-state index is 0.00182. The first-order chi connectivity index (χ1) is 19.7. The Bertz CT molecular complexity index is 1420. The second-order valence-corrected chi connectivity index (χ2v) is 10.3. The summed E-state index contributed by atoms with van der Waals surface area (Å²) >= 11 is 13.1. The Labute approximate surface area is 246 Å². The molecular formula is C27H28Cl2N8O4. The SMILES string of the molecule is N#C/N=C(/NC[C@H](NC(=O)c1c(Cl)cc2c(c1Cl)CCN(C(=O)C(=N)/C=C1/C=CC=CN1)C2)C(=O)O)N1CCCC1. The number of nitrogens with one attached hydrogen (secondary N) is 4. The fourth-order valence-electron chi connectivity index (χ4n) is 4.74. The lowest BCUT2D eigenvalue weighted by molar-refractivity contribution is -0.139. The van der Waals surface area contributed by atoms with Crippen LogP contribution in [0.4, 0.5) is 0 Å². The number of nitrogens with zero attached hydrogens (tertiary/aromatic N) is 4. The van der Waals surface area contributed by atoms with Gasteiger partial charge in [0, 0.05) is 44.6 Å². The molecule has 0 aromatic heterocycles. The van der Waals surface area contributed by atoms with E-state index in [2.05, 4.69) is 20.9 Å². The minimum atomic E-state index is -1.37. The fourth-order valence-corrected chi connectivity index (χ4v) is 5.50. The molecule has 1 atom stereocenters. The summed E-state index contributed by atoms with van der Waals surface area (Å²) in [5.74, 6) is -2.28. The van der Waals surface area contributed by atoms with Crippen molar-refractivity contribution in [3.8, 4) is 6.19 Å². The van der Waals surface area contributed by atoms with E-state index in [0.29, 0.717) is 36.3 Å². The number of aliphatic imine (C=N–C) groups is 1. The lowest BCUT2D eigenvalue weighted by Crippen LogP contribution is -2.51. The van der Waals surface area contributed by atoms with Crippen LogP contribution in [0.5, 0.6) is 0 Å². The number of rotatable bonds is 7. The molecule has 0 unspecified atom stereocenters. The highest BCUT2D eigenvalue weighted by Crippen LogP contribution is 2.34. The van der Waals surface area contributed by atoms with Crippen LogP contribution < -0.4 is 16.0 Å². The maximum Gasteiger partial charge on any atom is 0.328 e. The Balaban J connectivity index is 1.45. The zero-order chi connectivity index (χ0) is 29.5. The first-order valence-electron chi connectivity index (χ1n) is 12.9. The van der Waals surface area contributed by atoms with E-state index in [1.807, 2.05) is 4.90 Å². The summed E-state index contributed by atoms with van der Waals surface area (Å²) in [4.78, 5) is 45.1. The van der Waals surface area contributed by atoms with Crippen molar-refractivity contribution in [2.75, 3.05) is 26.2 Å². The normalized spacial score (nSPS) is 17.9. The van der Waals surface area contributed by atoms with Gasteiger partial charge in [-0.25, -0.2) is 4.79 Å². The first-order valence-corrected chi connectivity index (χ1v) is 13.6. The average molecular weight is 599 g/mol. The van der Waals surface area contributed by atoms with Gasteiger partial charge in [-0.2, -0.15) is 5.26 Å². The zero-order valence-corrected chi connectivity index (χ0v) is 23.4. The van der Waals surface area contributed by atoms with Crippen molar-refractivity contribution < 1.29 is 19.5 Å². The Morgan fingerprint density at radius 3 is 2.63 bits per heavy atom. The predicted octanol–water partition coefficient (Wildman–Crippen LogP) is 2.16. The number of allylic oxidation sites excluding steroid dienone is 3. The van der Waals surface area contributed by atoms with Crippen molar-refractivity contribution in [1.82, 2.24) is 25.8 Å². The van der Waals surface area contributed by atoms with Crippen molar-refractivity contribution in [2.45, 2.75) is 31.8 Å². The number of amides is 2. The van der Waals surface area contributed by atoms with Crippen molar-refractivity contribution in [1.29, 1.82) is 10.7 Å². The number of fused-ring (bicyclic) bond motifs is 1. The summed E-state index contributed by atoms with van der Waals surface area (Å²) < 4.78 is 0. The molecule has 1 aromatic rings. The second-order valence-electron chi connectivity index (χ2n) is 9.51. The van der Waals surface area contributed by atoms with Gasteiger partial charge in [-0.15, -0.1) is 4.99 Å². The summed E-state index contributed by atoms with van der Waals surface area (Å²) in [5, 5.41) is 35.3. The second kappa shape index (κ2) is 13.3. The Hall–Kier alpha value is -4.34. The van der Waals surface area contributed by atoms with Gasteiger partial charge in [0.2, 0.25) is 12.2 Å². The van der Waals surface area contributed by atoms with Crippen LogP contribution in [0.25, 0.3) is 0 Å². The molecule has 1 aromatic carbocycles. The summed E-state index contributed by atoms with van der Waals surface area (Å²) in [6.07, 6.45) is 12.4. The minimum Gasteiger partial charge on any atom is -0.480 e. The van der Waals surface area contributed by atoms with Gasteiger partial charge in [-0.05, 0) is 54.7 Å². The molecule has 214 valence electrons. The van der Waals surface area contributed by atoms with Gasteiger partial charge < -0.3 is 30.9 Å². The number of benzene rings is 1. The molecule has 0 radical (unpaired) electrons. The summed E-state index contributed by atoms with van der Waals surface area (Å²) in [7, 11) is 0. The van der Waals surface area contributed by atoms with Crippen LogP contribution in [0.15, 0.2) is 47.3 Å². The number of guanidine groups is 1. The molecule has 1 saturated heterocycles. The highest BCUT2D eigenvalue weighted by molar-refractivity contribution is 6.42. The smallest absolute Gasteiger partial charge is 0.328 e. The average Bonchev–Trinajstić information content (AvgIpc) is 3.49. The molecule has 5 N–H and O–H groups in total. The summed E-state index contributed by atoms with van der Waals surface area (Å²) in [5.41, 5.74) is 1.62. The van der Waals surface area contributed by atoms with E-state index in [1.54, 1.807) is 30.6 Å². The van der Waals surface area contributed by atoms with Crippen molar-refractivity contribution in [3.63, 3.8) is 0 Å². The number of halogens is 2. The van der Waals surface area contributed by atoms with Gasteiger partial charge in [-0.3, -0.25) is 15.0 Å². The van der Waals surface area contributed by atoms with Gasteiger partial charge in [0.15, 0.2) is 0 Å². The molecule has 4 rings (SSSR count). The fraction of sp³-hybridized carbons (Fsp3) is 0.333. The third-order valence-electron chi connectivity index (χ3n) is 6.81. The number of carboxylic acids is 1. The number of hydrogen-bond donors (Lipinski definition) is 5. The van der Waals surface area contributed by atoms with Crippen LogP contribution >= 0.6 is 23.2 Å². The van der Waals surface area contributed by atoms with Gasteiger partial charge >= 0.3 is 5.97 Å². The predicted molar refractivity (Wildman–Crippen MR) is 154 cm³/mol. The van der Waals surface area contributed by atoms with E-state index in [4.69, 9.17) is 33.9 Å². The topological polar surface area (TPSA) is 174 Å². The number of dihydropyridines is 1. The molecule has 3 aliphatic heterocycles.